The van der Waals surface area contributed by atoms with Gasteiger partial charge in [0.25, 0.3) is 5.56 Å². The third kappa shape index (κ3) is 2.16. The number of thiophene rings is 1. The van der Waals surface area contributed by atoms with E-state index in [-0.39, 0.29) is 11.9 Å². The monoisotopic (exact) mass is 251 g/mol. The summed E-state index contributed by atoms with van der Waals surface area (Å²) < 4.78 is 1.42. The van der Waals surface area contributed by atoms with Crippen LogP contribution in [-0.2, 0) is 0 Å². The lowest BCUT2D eigenvalue weighted by atomic mass is 10.2. The van der Waals surface area contributed by atoms with Crippen molar-refractivity contribution in [2.24, 2.45) is 0 Å². The number of aromatic amines is 1. The fraction of sp³-hybridized carbons (Fsp3) is 0.273. The molecule has 1 atom stereocenters. The number of rotatable bonds is 3. The molecule has 0 saturated heterocycles. The van der Waals surface area contributed by atoms with Crippen LogP contribution in [-0.4, -0.2) is 9.55 Å². The lowest BCUT2D eigenvalue weighted by Crippen LogP contribution is -2.34. The molecule has 0 aromatic carbocycles. The maximum atomic E-state index is 11.8. The Bertz CT molecular complexity index is 612. The predicted octanol–water partition coefficient (Wildman–Crippen LogP) is 1.18. The van der Waals surface area contributed by atoms with Crippen LogP contribution in [0.1, 0.15) is 24.3 Å². The van der Waals surface area contributed by atoms with Crippen LogP contribution in [0.25, 0.3) is 0 Å². The molecule has 3 N–H and O–H groups in total. The van der Waals surface area contributed by atoms with Crippen molar-refractivity contribution in [3.05, 3.63) is 49.3 Å². The molecule has 2 rings (SSSR count). The van der Waals surface area contributed by atoms with E-state index in [1.807, 2.05) is 24.4 Å². The fourth-order valence-corrected chi connectivity index (χ4v) is 2.74. The van der Waals surface area contributed by atoms with E-state index in [0.717, 1.165) is 11.3 Å². The van der Waals surface area contributed by atoms with E-state index in [1.165, 1.54) is 10.6 Å². The van der Waals surface area contributed by atoms with Crippen molar-refractivity contribution in [2.75, 3.05) is 5.73 Å². The summed E-state index contributed by atoms with van der Waals surface area (Å²) in [5, 5.41) is 1.95. The molecule has 0 fully saturated rings. The molecule has 1 unspecified atom stereocenters. The maximum absolute atomic E-state index is 11.8. The summed E-state index contributed by atoms with van der Waals surface area (Å²) in [7, 11) is 0. The molecule has 90 valence electrons. The summed E-state index contributed by atoms with van der Waals surface area (Å²) in [4.78, 5) is 26.2. The van der Waals surface area contributed by atoms with Gasteiger partial charge >= 0.3 is 5.69 Å². The molecule has 0 radical (unpaired) electrons. The summed E-state index contributed by atoms with van der Waals surface area (Å²) in [6.45, 7) is 1.97. The number of hydrogen-bond donors (Lipinski definition) is 2. The van der Waals surface area contributed by atoms with Gasteiger partial charge in [0.05, 0.1) is 6.04 Å². The Balaban J connectivity index is 2.60. The van der Waals surface area contributed by atoms with Crippen LogP contribution >= 0.6 is 11.3 Å². The minimum atomic E-state index is -0.468. The first-order chi connectivity index (χ1) is 8.13. The lowest BCUT2D eigenvalue weighted by Gasteiger charge is -2.18. The molecule has 2 aromatic heterocycles. The number of hydrogen-bond acceptors (Lipinski definition) is 4. The number of nitrogens with two attached hydrogens (primary N) is 1. The van der Waals surface area contributed by atoms with Gasteiger partial charge in [0.1, 0.15) is 5.82 Å². The Morgan fingerprint density at radius 1 is 1.53 bits per heavy atom. The summed E-state index contributed by atoms with van der Waals surface area (Å²) in [6, 6.07) is 4.99. The van der Waals surface area contributed by atoms with Gasteiger partial charge < -0.3 is 5.73 Å². The molecule has 6 heteroatoms. The first kappa shape index (κ1) is 11.7. The van der Waals surface area contributed by atoms with E-state index in [2.05, 4.69) is 4.98 Å². The van der Waals surface area contributed by atoms with Crippen molar-refractivity contribution < 1.29 is 0 Å². The second kappa shape index (κ2) is 4.58. The van der Waals surface area contributed by atoms with E-state index in [4.69, 9.17) is 5.73 Å². The fourth-order valence-electron chi connectivity index (χ4n) is 1.84. The minimum absolute atomic E-state index is 0.126. The van der Waals surface area contributed by atoms with Gasteiger partial charge in [-0.05, 0) is 17.9 Å². The third-order valence-corrected chi connectivity index (χ3v) is 3.55. The largest absolute Gasteiger partial charge is 0.385 e. The van der Waals surface area contributed by atoms with Crippen molar-refractivity contribution in [1.29, 1.82) is 0 Å². The molecular formula is C11H13N3O2S. The molecule has 0 bridgehead atoms. The third-order valence-electron chi connectivity index (χ3n) is 2.58. The Kier molecular flexibility index (Phi) is 3.14. The van der Waals surface area contributed by atoms with E-state index >= 15 is 0 Å². The summed E-state index contributed by atoms with van der Waals surface area (Å²) in [6.07, 6.45) is 0.733. The molecule has 5 nitrogen and oxygen atoms in total. The topological polar surface area (TPSA) is 80.9 Å². The van der Waals surface area contributed by atoms with Crippen molar-refractivity contribution in [2.45, 2.75) is 19.4 Å². The zero-order valence-electron chi connectivity index (χ0n) is 9.34. The quantitative estimate of drug-likeness (QED) is 0.859. The summed E-state index contributed by atoms with van der Waals surface area (Å²) in [5.74, 6) is 0.194. The molecule has 17 heavy (non-hydrogen) atoms. The van der Waals surface area contributed by atoms with Crippen molar-refractivity contribution >= 4 is 17.2 Å². The van der Waals surface area contributed by atoms with Crippen LogP contribution in [0.5, 0.6) is 0 Å². The Morgan fingerprint density at radius 2 is 2.29 bits per heavy atom. The molecule has 0 amide bonds. The smallest absolute Gasteiger partial charge is 0.330 e. The SMILES string of the molecule is CCC(c1cccs1)n1c(N)cc(=O)[nH]c1=O. The van der Waals surface area contributed by atoms with Gasteiger partial charge in [0.15, 0.2) is 0 Å². The number of anilines is 1. The van der Waals surface area contributed by atoms with E-state index in [9.17, 15) is 9.59 Å². The average Bonchev–Trinajstić information content (AvgIpc) is 2.76. The second-order valence-electron chi connectivity index (χ2n) is 3.67. The number of aromatic nitrogens is 2. The van der Waals surface area contributed by atoms with E-state index < -0.39 is 11.2 Å². The molecule has 2 heterocycles. The van der Waals surface area contributed by atoms with E-state index in [1.54, 1.807) is 11.3 Å². The molecule has 0 aliphatic carbocycles. The van der Waals surface area contributed by atoms with Gasteiger partial charge in [0, 0.05) is 10.9 Å². The maximum Gasteiger partial charge on any atom is 0.330 e. The average molecular weight is 251 g/mol. The van der Waals surface area contributed by atoms with Gasteiger partial charge in [-0.1, -0.05) is 13.0 Å². The van der Waals surface area contributed by atoms with E-state index in [0.29, 0.717) is 0 Å². The molecule has 0 aliphatic heterocycles. The highest BCUT2D eigenvalue weighted by atomic mass is 32.1. The van der Waals surface area contributed by atoms with Crippen molar-refractivity contribution in [3.63, 3.8) is 0 Å². The number of nitrogens with one attached hydrogen (secondary N) is 1. The van der Waals surface area contributed by atoms with Gasteiger partial charge in [-0.15, -0.1) is 11.3 Å². The standard InChI is InChI=1S/C11H13N3O2S/c1-2-7(8-4-3-5-17-8)14-9(12)6-10(15)13-11(14)16/h3-7H,2,12H2,1H3,(H,13,15,16). The normalized spacial score (nSPS) is 12.5. The molecule has 2 aromatic rings. The first-order valence-electron chi connectivity index (χ1n) is 5.28. The summed E-state index contributed by atoms with van der Waals surface area (Å²) in [5.41, 5.74) is 4.82. The minimum Gasteiger partial charge on any atom is -0.385 e. The van der Waals surface area contributed by atoms with Gasteiger partial charge in [-0.3, -0.25) is 14.3 Å². The Morgan fingerprint density at radius 3 is 2.82 bits per heavy atom. The van der Waals surface area contributed by atoms with Crippen LogP contribution in [0, 0.1) is 0 Å². The Hall–Kier alpha value is -1.82. The second-order valence-corrected chi connectivity index (χ2v) is 4.65. The molecule has 0 spiro atoms. The number of H-pyrrole nitrogens is 1. The highest BCUT2D eigenvalue weighted by Crippen LogP contribution is 2.25. The highest BCUT2D eigenvalue weighted by Gasteiger charge is 2.16. The summed E-state index contributed by atoms with van der Waals surface area (Å²) >= 11 is 1.56. The van der Waals surface area contributed by atoms with Gasteiger partial charge in [0.2, 0.25) is 0 Å². The van der Waals surface area contributed by atoms with Crippen molar-refractivity contribution in [3.8, 4) is 0 Å². The molecule has 0 aliphatic rings. The van der Waals surface area contributed by atoms with Crippen LogP contribution < -0.4 is 17.0 Å². The molecular weight excluding hydrogens is 238 g/mol. The number of nitrogen functional groups attached to an aromatic ring is 1. The van der Waals surface area contributed by atoms with Crippen molar-refractivity contribution in [1.82, 2.24) is 9.55 Å². The van der Waals surface area contributed by atoms with Crippen LogP contribution in [0.2, 0.25) is 0 Å². The Labute approximate surface area is 102 Å². The lowest BCUT2D eigenvalue weighted by molar-refractivity contribution is 0.551. The van der Waals surface area contributed by atoms with Gasteiger partial charge in [-0.25, -0.2) is 4.79 Å². The zero-order valence-corrected chi connectivity index (χ0v) is 10.2. The van der Waals surface area contributed by atoms with Crippen LogP contribution in [0.15, 0.2) is 33.2 Å². The zero-order chi connectivity index (χ0) is 12.4. The van der Waals surface area contributed by atoms with Crippen LogP contribution in [0.3, 0.4) is 0 Å². The van der Waals surface area contributed by atoms with Crippen LogP contribution in [0.4, 0.5) is 5.82 Å². The number of nitrogens with zero attached hydrogens (tertiary/aromatic N) is 1. The molecule has 0 saturated carbocycles. The first-order valence-corrected chi connectivity index (χ1v) is 6.16. The van der Waals surface area contributed by atoms with Gasteiger partial charge in [-0.2, -0.15) is 0 Å². The highest BCUT2D eigenvalue weighted by molar-refractivity contribution is 7.10. The predicted molar refractivity (Wildman–Crippen MR) is 68.5 cm³/mol.